The third-order valence-electron chi connectivity index (χ3n) is 3.82. The van der Waals surface area contributed by atoms with Crippen LogP contribution in [-0.2, 0) is 20.7 Å². The Hall–Kier alpha value is -1.44. The van der Waals surface area contributed by atoms with Crippen molar-refractivity contribution >= 4 is 26.0 Å². The summed E-state index contributed by atoms with van der Waals surface area (Å²) in [5.74, 6) is 0.213. The van der Waals surface area contributed by atoms with Gasteiger partial charge >= 0.3 is 0 Å². The fourth-order valence-corrected chi connectivity index (χ4v) is 4.03. The van der Waals surface area contributed by atoms with E-state index in [0.29, 0.717) is 23.1 Å². The summed E-state index contributed by atoms with van der Waals surface area (Å²) in [7, 11) is -3.82. The molecule has 0 spiro atoms. The number of hydrogen-bond donors (Lipinski definition) is 0. The normalized spacial score (nSPS) is 17.2. The van der Waals surface area contributed by atoms with Gasteiger partial charge in [-0.2, -0.15) is 8.42 Å². The summed E-state index contributed by atoms with van der Waals surface area (Å²) in [6.07, 6.45) is 0.760. The lowest BCUT2D eigenvalue weighted by Crippen LogP contribution is -2.29. The molecule has 0 aromatic heterocycles. The molecule has 2 aromatic rings. The fourth-order valence-electron chi connectivity index (χ4n) is 2.53. The van der Waals surface area contributed by atoms with Crippen LogP contribution in [-0.4, -0.2) is 21.1 Å². The van der Waals surface area contributed by atoms with Crippen molar-refractivity contribution in [3.8, 4) is 5.75 Å². The number of hydrogen-bond acceptors (Lipinski definition) is 4. The SMILES string of the molecule is Cc1ccc(S(=O)(=O)OC[C@@H]2CCc3cc(F)cc(Br)c3O2)cc1. The highest BCUT2D eigenvalue weighted by Crippen LogP contribution is 2.36. The van der Waals surface area contributed by atoms with Gasteiger partial charge in [-0.25, -0.2) is 4.39 Å². The topological polar surface area (TPSA) is 52.6 Å². The monoisotopic (exact) mass is 414 g/mol. The molecule has 1 aliphatic rings. The molecule has 0 amide bonds. The van der Waals surface area contributed by atoms with Gasteiger partial charge in [-0.05, 0) is 65.5 Å². The van der Waals surface area contributed by atoms with E-state index in [2.05, 4.69) is 15.9 Å². The largest absolute Gasteiger partial charge is 0.486 e. The molecule has 0 N–H and O–H groups in total. The van der Waals surface area contributed by atoms with Gasteiger partial charge in [0.05, 0.1) is 9.37 Å². The van der Waals surface area contributed by atoms with E-state index in [-0.39, 0.29) is 17.3 Å². The van der Waals surface area contributed by atoms with E-state index in [4.69, 9.17) is 8.92 Å². The zero-order valence-corrected chi connectivity index (χ0v) is 15.4. The van der Waals surface area contributed by atoms with Crippen molar-refractivity contribution in [2.75, 3.05) is 6.61 Å². The molecule has 2 aromatic carbocycles. The molecular formula is C17H16BrFO4S. The third kappa shape index (κ3) is 3.79. The maximum atomic E-state index is 13.4. The first-order valence-corrected chi connectivity index (χ1v) is 9.66. The predicted octanol–water partition coefficient (Wildman–Crippen LogP) is 4.00. The van der Waals surface area contributed by atoms with Crippen LogP contribution in [0.4, 0.5) is 4.39 Å². The Balaban J connectivity index is 1.68. The van der Waals surface area contributed by atoms with Crippen molar-refractivity contribution in [1.82, 2.24) is 0 Å². The van der Waals surface area contributed by atoms with Gasteiger partial charge < -0.3 is 4.74 Å². The van der Waals surface area contributed by atoms with Crippen LogP contribution in [0, 0.1) is 12.7 Å². The van der Waals surface area contributed by atoms with Gasteiger partial charge in [0.1, 0.15) is 24.3 Å². The van der Waals surface area contributed by atoms with E-state index in [1.165, 1.54) is 24.3 Å². The first-order chi connectivity index (χ1) is 11.3. The Labute approximate surface area is 148 Å². The van der Waals surface area contributed by atoms with Gasteiger partial charge in [0.15, 0.2) is 0 Å². The van der Waals surface area contributed by atoms with E-state index in [1.54, 1.807) is 12.1 Å². The highest BCUT2D eigenvalue weighted by Gasteiger charge is 2.25. The predicted molar refractivity (Wildman–Crippen MR) is 91.2 cm³/mol. The van der Waals surface area contributed by atoms with Crippen molar-refractivity contribution in [2.24, 2.45) is 0 Å². The third-order valence-corrected chi connectivity index (χ3v) is 5.71. The zero-order valence-electron chi connectivity index (χ0n) is 13.0. The zero-order chi connectivity index (χ0) is 17.3. The number of rotatable bonds is 4. The van der Waals surface area contributed by atoms with Gasteiger partial charge in [0, 0.05) is 0 Å². The average molecular weight is 415 g/mol. The molecule has 0 unspecified atom stereocenters. The molecule has 128 valence electrons. The summed E-state index contributed by atoms with van der Waals surface area (Å²) in [6.45, 7) is 1.80. The van der Waals surface area contributed by atoms with Crippen molar-refractivity contribution in [2.45, 2.75) is 30.8 Å². The molecule has 3 rings (SSSR count). The molecule has 0 radical (unpaired) electrons. The summed E-state index contributed by atoms with van der Waals surface area (Å²) in [4.78, 5) is 0.118. The Bertz CT molecular complexity index is 850. The van der Waals surface area contributed by atoms with E-state index in [1.807, 2.05) is 6.92 Å². The Morgan fingerprint density at radius 1 is 1.29 bits per heavy atom. The van der Waals surface area contributed by atoms with E-state index < -0.39 is 16.2 Å². The summed E-state index contributed by atoms with van der Waals surface area (Å²) >= 11 is 3.27. The lowest BCUT2D eigenvalue weighted by molar-refractivity contribution is 0.111. The molecular weight excluding hydrogens is 399 g/mol. The van der Waals surface area contributed by atoms with Crippen molar-refractivity contribution in [3.05, 3.63) is 57.8 Å². The molecule has 0 fully saturated rings. The number of ether oxygens (including phenoxy) is 1. The summed E-state index contributed by atoms with van der Waals surface area (Å²) in [5.41, 5.74) is 1.73. The second-order valence-corrected chi connectivity index (χ2v) is 8.18. The molecule has 0 saturated carbocycles. The smallest absolute Gasteiger partial charge is 0.297 e. The molecule has 1 atom stereocenters. The minimum absolute atomic E-state index is 0.0839. The molecule has 1 aliphatic heterocycles. The van der Waals surface area contributed by atoms with E-state index in [9.17, 15) is 12.8 Å². The Morgan fingerprint density at radius 3 is 2.71 bits per heavy atom. The van der Waals surface area contributed by atoms with Crippen LogP contribution in [0.15, 0.2) is 45.8 Å². The maximum absolute atomic E-state index is 13.4. The quantitative estimate of drug-likeness (QED) is 0.709. The number of aryl methyl sites for hydroxylation is 2. The lowest BCUT2D eigenvalue weighted by Gasteiger charge is -2.26. The van der Waals surface area contributed by atoms with E-state index in [0.717, 1.165) is 11.1 Å². The molecule has 4 nitrogen and oxygen atoms in total. The van der Waals surface area contributed by atoms with Gasteiger partial charge in [0.25, 0.3) is 10.1 Å². The summed E-state index contributed by atoms with van der Waals surface area (Å²) in [5, 5.41) is 0. The van der Waals surface area contributed by atoms with Crippen molar-refractivity contribution in [1.29, 1.82) is 0 Å². The van der Waals surface area contributed by atoms with Crippen LogP contribution in [0.3, 0.4) is 0 Å². The highest BCUT2D eigenvalue weighted by atomic mass is 79.9. The van der Waals surface area contributed by atoms with Crippen LogP contribution in [0.1, 0.15) is 17.5 Å². The van der Waals surface area contributed by atoms with Gasteiger partial charge in [-0.15, -0.1) is 0 Å². The maximum Gasteiger partial charge on any atom is 0.297 e. The molecule has 0 bridgehead atoms. The number of halogens is 2. The second kappa shape index (κ2) is 6.82. The highest BCUT2D eigenvalue weighted by molar-refractivity contribution is 9.10. The summed E-state index contributed by atoms with van der Waals surface area (Å²) in [6, 6.07) is 9.22. The van der Waals surface area contributed by atoms with Crippen molar-refractivity contribution in [3.63, 3.8) is 0 Å². The fraction of sp³-hybridized carbons (Fsp3) is 0.294. The Kier molecular flexibility index (Phi) is 4.94. The van der Waals surface area contributed by atoms with Crippen LogP contribution in [0.2, 0.25) is 0 Å². The molecule has 24 heavy (non-hydrogen) atoms. The minimum Gasteiger partial charge on any atom is -0.486 e. The average Bonchev–Trinajstić information content (AvgIpc) is 2.53. The molecule has 1 heterocycles. The lowest BCUT2D eigenvalue weighted by atomic mass is 10.0. The molecule has 0 saturated heterocycles. The van der Waals surface area contributed by atoms with Gasteiger partial charge in [-0.3, -0.25) is 4.18 Å². The van der Waals surface area contributed by atoms with E-state index >= 15 is 0 Å². The van der Waals surface area contributed by atoms with Gasteiger partial charge in [-0.1, -0.05) is 17.7 Å². The van der Waals surface area contributed by atoms with Crippen molar-refractivity contribution < 1.29 is 21.7 Å². The Morgan fingerprint density at radius 2 is 2.00 bits per heavy atom. The number of benzene rings is 2. The first-order valence-electron chi connectivity index (χ1n) is 7.46. The van der Waals surface area contributed by atoms with Gasteiger partial charge in [0.2, 0.25) is 0 Å². The standard InChI is InChI=1S/C17H16BrFO4S/c1-11-2-6-15(7-3-11)24(20,21)22-10-14-5-4-12-8-13(19)9-16(18)17(12)23-14/h2-3,6-9,14H,4-5,10H2,1H3/t14-/m0/s1. The molecule has 0 aliphatic carbocycles. The van der Waals surface area contributed by atoms with Crippen LogP contribution < -0.4 is 4.74 Å². The second-order valence-electron chi connectivity index (χ2n) is 5.71. The summed E-state index contributed by atoms with van der Waals surface area (Å²) < 4.78 is 49.2. The number of fused-ring (bicyclic) bond motifs is 1. The molecule has 7 heteroatoms. The first kappa shape index (κ1) is 17.4. The van der Waals surface area contributed by atoms with Crippen LogP contribution >= 0.6 is 15.9 Å². The van der Waals surface area contributed by atoms with Crippen LogP contribution in [0.5, 0.6) is 5.75 Å². The minimum atomic E-state index is -3.82. The van der Waals surface area contributed by atoms with Crippen LogP contribution in [0.25, 0.3) is 0 Å².